The van der Waals surface area contributed by atoms with Gasteiger partial charge in [0.15, 0.2) is 0 Å². The summed E-state index contributed by atoms with van der Waals surface area (Å²) < 4.78 is 4.46. The number of carboxylic acid groups (broad SMARTS) is 1. The van der Waals surface area contributed by atoms with Crippen LogP contribution in [0.4, 0.5) is 4.79 Å². The van der Waals surface area contributed by atoms with Crippen molar-refractivity contribution in [1.82, 2.24) is 5.32 Å². The number of nitrogens with one attached hydrogen (secondary N) is 1. The first-order chi connectivity index (χ1) is 6.49. The molecule has 0 heterocycles. The first-order valence-corrected chi connectivity index (χ1v) is 4.26. The Morgan fingerprint density at radius 1 is 1.43 bits per heavy atom. The maximum atomic E-state index is 10.9. The number of hydrogen-bond acceptors (Lipinski definition) is 4. The summed E-state index contributed by atoms with van der Waals surface area (Å²) in [7, 11) is 0. The number of amides is 1. The maximum Gasteiger partial charge on any atom is 0.407 e. The van der Waals surface area contributed by atoms with Gasteiger partial charge in [-0.2, -0.15) is 0 Å². The summed E-state index contributed by atoms with van der Waals surface area (Å²) in [6, 6.07) is -0.971. The number of hydrogen-bond donors (Lipinski definition) is 3. The smallest absolute Gasteiger partial charge is 0.407 e. The zero-order valence-electron chi connectivity index (χ0n) is 8.19. The Balaban J connectivity index is 4.04. The highest BCUT2D eigenvalue weighted by molar-refractivity contribution is 5.80. The van der Waals surface area contributed by atoms with E-state index in [-0.39, 0.29) is 19.1 Å². The molecule has 0 fully saturated rings. The third-order valence-corrected chi connectivity index (χ3v) is 1.53. The van der Waals surface area contributed by atoms with Gasteiger partial charge in [-0.15, -0.1) is 0 Å². The highest BCUT2D eigenvalue weighted by Crippen LogP contribution is 2.01. The molecule has 6 heteroatoms. The molecule has 0 aliphatic heterocycles. The molecule has 0 aromatic rings. The standard InChI is InChI=1S/C8H15NO5/c1-5(2)6(7(11)12)9-8(13)14-4-3-10/h5-6,10H,3-4H2,1-2H3,(H,9,13)(H,11,12)/t6-/m0/s1. The molecule has 0 unspecified atom stereocenters. The highest BCUT2D eigenvalue weighted by atomic mass is 16.6. The van der Waals surface area contributed by atoms with Crippen LogP contribution in [-0.2, 0) is 9.53 Å². The van der Waals surface area contributed by atoms with Gasteiger partial charge in [-0.1, -0.05) is 13.8 Å². The zero-order chi connectivity index (χ0) is 11.1. The van der Waals surface area contributed by atoms with Gasteiger partial charge in [0.05, 0.1) is 6.61 Å². The predicted molar refractivity (Wildman–Crippen MR) is 47.8 cm³/mol. The first kappa shape index (κ1) is 12.7. The SMILES string of the molecule is CC(C)[C@H](NC(=O)OCCO)C(=O)O. The summed E-state index contributed by atoms with van der Waals surface area (Å²) in [5, 5.41) is 19.2. The molecule has 1 amide bonds. The number of ether oxygens (including phenoxy) is 1. The van der Waals surface area contributed by atoms with Gasteiger partial charge >= 0.3 is 12.1 Å². The zero-order valence-corrected chi connectivity index (χ0v) is 8.19. The topological polar surface area (TPSA) is 95.9 Å². The number of carbonyl (C=O) groups excluding carboxylic acids is 1. The van der Waals surface area contributed by atoms with Gasteiger partial charge in [-0.25, -0.2) is 9.59 Å². The molecule has 0 rings (SSSR count). The Morgan fingerprint density at radius 3 is 2.36 bits per heavy atom. The third kappa shape index (κ3) is 4.66. The lowest BCUT2D eigenvalue weighted by Crippen LogP contribution is -2.44. The van der Waals surface area contributed by atoms with Crippen LogP contribution in [0.2, 0.25) is 0 Å². The maximum absolute atomic E-state index is 10.9. The molecule has 1 atom stereocenters. The van der Waals surface area contributed by atoms with Crippen molar-refractivity contribution in [3.63, 3.8) is 0 Å². The van der Waals surface area contributed by atoms with Crippen molar-refractivity contribution in [2.75, 3.05) is 13.2 Å². The second kappa shape index (κ2) is 6.20. The number of rotatable bonds is 5. The van der Waals surface area contributed by atoms with Crippen LogP contribution in [-0.4, -0.2) is 41.5 Å². The molecule has 0 aromatic carbocycles. The lowest BCUT2D eigenvalue weighted by molar-refractivity contribution is -0.140. The number of aliphatic hydroxyl groups is 1. The summed E-state index contributed by atoms with van der Waals surface area (Å²) in [5.41, 5.74) is 0. The fraction of sp³-hybridized carbons (Fsp3) is 0.750. The number of carboxylic acids is 1. The van der Waals surface area contributed by atoms with Crippen molar-refractivity contribution in [3.8, 4) is 0 Å². The van der Waals surface area contributed by atoms with Crippen molar-refractivity contribution in [2.24, 2.45) is 5.92 Å². The highest BCUT2D eigenvalue weighted by Gasteiger charge is 2.23. The van der Waals surface area contributed by atoms with E-state index in [1.807, 2.05) is 0 Å². The van der Waals surface area contributed by atoms with Crippen LogP contribution in [0, 0.1) is 5.92 Å². The quantitative estimate of drug-likeness (QED) is 0.578. The van der Waals surface area contributed by atoms with Gasteiger partial charge in [-0.05, 0) is 5.92 Å². The average Bonchev–Trinajstić information content (AvgIpc) is 2.09. The Hall–Kier alpha value is -1.30. The van der Waals surface area contributed by atoms with E-state index in [0.29, 0.717) is 0 Å². The van der Waals surface area contributed by atoms with E-state index < -0.39 is 18.1 Å². The van der Waals surface area contributed by atoms with E-state index in [1.54, 1.807) is 13.8 Å². The van der Waals surface area contributed by atoms with E-state index in [2.05, 4.69) is 10.1 Å². The number of carbonyl (C=O) groups is 2. The lowest BCUT2D eigenvalue weighted by atomic mass is 10.1. The van der Waals surface area contributed by atoms with Gasteiger partial charge in [0.1, 0.15) is 12.6 Å². The fourth-order valence-corrected chi connectivity index (χ4v) is 0.821. The molecule has 6 nitrogen and oxygen atoms in total. The molecule has 0 spiro atoms. The Labute approximate surface area is 81.9 Å². The summed E-state index contributed by atoms with van der Waals surface area (Å²) in [4.78, 5) is 21.5. The fourth-order valence-electron chi connectivity index (χ4n) is 0.821. The van der Waals surface area contributed by atoms with Crippen LogP contribution in [0.3, 0.4) is 0 Å². The third-order valence-electron chi connectivity index (χ3n) is 1.53. The molecule has 82 valence electrons. The van der Waals surface area contributed by atoms with E-state index in [4.69, 9.17) is 10.2 Å². The Morgan fingerprint density at radius 2 is 2.00 bits per heavy atom. The molecule has 0 saturated carbocycles. The van der Waals surface area contributed by atoms with Crippen LogP contribution < -0.4 is 5.32 Å². The van der Waals surface area contributed by atoms with Crippen molar-refractivity contribution < 1.29 is 24.5 Å². The Bertz CT molecular complexity index is 204. The average molecular weight is 205 g/mol. The Kier molecular flexibility index (Phi) is 5.62. The number of aliphatic hydroxyl groups excluding tert-OH is 1. The molecule has 0 aromatic heterocycles. The molecule has 0 saturated heterocycles. The lowest BCUT2D eigenvalue weighted by Gasteiger charge is -2.17. The molecular weight excluding hydrogens is 190 g/mol. The van der Waals surface area contributed by atoms with Gasteiger partial charge in [0.25, 0.3) is 0 Å². The molecule has 0 bridgehead atoms. The second-order valence-electron chi connectivity index (χ2n) is 3.06. The summed E-state index contributed by atoms with van der Waals surface area (Å²) >= 11 is 0. The van der Waals surface area contributed by atoms with Crippen molar-refractivity contribution in [2.45, 2.75) is 19.9 Å². The van der Waals surface area contributed by atoms with Crippen molar-refractivity contribution >= 4 is 12.1 Å². The van der Waals surface area contributed by atoms with Crippen LogP contribution in [0.1, 0.15) is 13.8 Å². The van der Waals surface area contributed by atoms with Crippen LogP contribution in [0.25, 0.3) is 0 Å². The molecular formula is C8H15NO5. The van der Waals surface area contributed by atoms with Crippen LogP contribution in [0.15, 0.2) is 0 Å². The van der Waals surface area contributed by atoms with Crippen LogP contribution in [0.5, 0.6) is 0 Å². The molecule has 0 radical (unpaired) electrons. The minimum Gasteiger partial charge on any atom is -0.480 e. The number of aliphatic carboxylic acids is 1. The summed E-state index contributed by atoms with van der Waals surface area (Å²) in [5.74, 6) is -1.34. The van der Waals surface area contributed by atoms with E-state index in [0.717, 1.165) is 0 Å². The monoisotopic (exact) mass is 205 g/mol. The largest absolute Gasteiger partial charge is 0.480 e. The first-order valence-electron chi connectivity index (χ1n) is 4.26. The minimum atomic E-state index is -1.11. The van der Waals surface area contributed by atoms with E-state index in [9.17, 15) is 9.59 Å². The van der Waals surface area contributed by atoms with Crippen molar-refractivity contribution in [3.05, 3.63) is 0 Å². The summed E-state index contributed by atoms with van der Waals surface area (Å²) in [6.07, 6.45) is -0.833. The van der Waals surface area contributed by atoms with Gasteiger partial charge in [0.2, 0.25) is 0 Å². The van der Waals surface area contributed by atoms with E-state index in [1.165, 1.54) is 0 Å². The summed E-state index contributed by atoms with van der Waals surface area (Å²) in [6.45, 7) is 2.92. The van der Waals surface area contributed by atoms with Gasteiger partial charge in [-0.3, -0.25) is 0 Å². The normalized spacial score (nSPS) is 12.3. The number of alkyl carbamates (subject to hydrolysis) is 1. The van der Waals surface area contributed by atoms with Gasteiger partial charge in [0, 0.05) is 0 Å². The predicted octanol–water partition coefficient (Wildman–Crippen LogP) is -0.186. The minimum absolute atomic E-state index is 0.143. The van der Waals surface area contributed by atoms with Crippen LogP contribution >= 0.6 is 0 Å². The van der Waals surface area contributed by atoms with Crippen molar-refractivity contribution in [1.29, 1.82) is 0 Å². The molecule has 14 heavy (non-hydrogen) atoms. The van der Waals surface area contributed by atoms with Gasteiger partial charge < -0.3 is 20.3 Å². The molecule has 0 aliphatic rings. The molecule has 0 aliphatic carbocycles. The second-order valence-corrected chi connectivity index (χ2v) is 3.06. The van der Waals surface area contributed by atoms with E-state index >= 15 is 0 Å². The molecule has 3 N–H and O–H groups in total.